The molecule has 0 saturated heterocycles. The average molecular weight is 404 g/mol. The molecule has 8 heteroatoms. The second-order valence-corrected chi connectivity index (χ2v) is 6.84. The molecule has 0 aliphatic heterocycles. The van der Waals surface area contributed by atoms with Gasteiger partial charge >= 0.3 is 6.18 Å². The number of anilines is 1. The standard InChI is InChI=1S/C20H15F3N2O2S/c21-20(22,23)15-6-1-4-13(10-15)12-24-18(26)14-5-2-7-16(11-14)25-19(27)17-8-3-9-28-17/h1-11H,12H2,(H,24,26)(H,25,27). The van der Waals surface area contributed by atoms with E-state index in [0.717, 1.165) is 12.1 Å². The number of hydrogen-bond acceptors (Lipinski definition) is 3. The normalized spacial score (nSPS) is 11.1. The number of thiophene rings is 1. The van der Waals surface area contributed by atoms with Gasteiger partial charge in [-0.25, -0.2) is 0 Å². The lowest BCUT2D eigenvalue weighted by Crippen LogP contribution is -2.23. The first-order valence-corrected chi connectivity index (χ1v) is 9.10. The van der Waals surface area contributed by atoms with E-state index in [1.165, 1.54) is 29.5 Å². The van der Waals surface area contributed by atoms with Crippen LogP contribution in [-0.4, -0.2) is 11.8 Å². The summed E-state index contributed by atoms with van der Waals surface area (Å²) >= 11 is 1.30. The zero-order valence-corrected chi connectivity index (χ0v) is 15.2. The Hall–Kier alpha value is -3.13. The predicted octanol–water partition coefficient (Wildman–Crippen LogP) is 4.95. The third-order valence-corrected chi connectivity index (χ3v) is 4.70. The van der Waals surface area contributed by atoms with Gasteiger partial charge in [-0.05, 0) is 47.3 Å². The fraction of sp³-hybridized carbons (Fsp3) is 0.100. The van der Waals surface area contributed by atoms with Gasteiger partial charge in [-0.2, -0.15) is 13.2 Å². The van der Waals surface area contributed by atoms with Crippen molar-refractivity contribution >= 4 is 28.8 Å². The SMILES string of the molecule is O=C(NCc1cccc(C(F)(F)F)c1)c1cccc(NC(=O)c2cccs2)c1. The number of benzene rings is 2. The molecular formula is C20H15F3N2O2S. The molecule has 0 bridgehead atoms. The average Bonchev–Trinajstić information content (AvgIpc) is 3.21. The molecule has 0 aliphatic carbocycles. The van der Waals surface area contributed by atoms with Gasteiger partial charge in [0.25, 0.3) is 11.8 Å². The van der Waals surface area contributed by atoms with Crippen LogP contribution in [0.25, 0.3) is 0 Å². The summed E-state index contributed by atoms with van der Waals surface area (Å²) in [6.45, 7) is -0.0471. The summed E-state index contributed by atoms with van der Waals surface area (Å²) in [5, 5.41) is 7.07. The van der Waals surface area contributed by atoms with Crippen LogP contribution in [0.4, 0.5) is 18.9 Å². The Bertz CT molecular complexity index is 985. The molecule has 2 amide bonds. The molecule has 2 N–H and O–H groups in total. The number of carbonyl (C=O) groups is 2. The van der Waals surface area contributed by atoms with E-state index in [1.807, 2.05) is 0 Å². The van der Waals surface area contributed by atoms with E-state index in [9.17, 15) is 22.8 Å². The Morgan fingerprint density at radius 2 is 1.71 bits per heavy atom. The summed E-state index contributed by atoms with van der Waals surface area (Å²) in [5.41, 5.74) is 0.309. The number of hydrogen-bond donors (Lipinski definition) is 2. The molecule has 0 saturated carbocycles. The third-order valence-electron chi connectivity index (χ3n) is 3.83. The topological polar surface area (TPSA) is 58.2 Å². The maximum atomic E-state index is 12.8. The molecule has 4 nitrogen and oxygen atoms in total. The Morgan fingerprint density at radius 1 is 0.929 bits per heavy atom. The monoisotopic (exact) mass is 404 g/mol. The van der Waals surface area contributed by atoms with Crippen molar-refractivity contribution in [3.8, 4) is 0 Å². The molecule has 0 unspecified atom stereocenters. The summed E-state index contributed by atoms with van der Waals surface area (Å²) in [6, 6.07) is 14.6. The lowest BCUT2D eigenvalue weighted by molar-refractivity contribution is -0.137. The number of alkyl halides is 3. The van der Waals surface area contributed by atoms with Crippen LogP contribution in [0.2, 0.25) is 0 Å². The van der Waals surface area contributed by atoms with Crippen molar-refractivity contribution in [1.29, 1.82) is 0 Å². The Labute approximate surface area is 163 Å². The van der Waals surface area contributed by atoms with Gasteiger partial charge < -0.3 is 10.6 Å². The van der Waals surface area contributed by atoms with Crippen LogP contribution < -0.4 is 10.6 Å². The van der Waals surface area contributed by atoms with Crippen LogP contribution in [-0.2, 0) is 12.7 Å². The molecule has 1 heterocycles. The van der Waals surface area contributed by atoms with Gasteiger partial charge in [-0.1, -0.05) is 24.3 Å². The quantitative estimate of drug-likeness (QED) is 0.632. The number of amides is 2. The van der Waals surface area contributed by atoms with Crippen molar-refractivity contribution in [2.45, 2.75) is 12.7 Å². The molecule has 3 aromatic rings. The summed E-state index contributed by atoms with van der Waals surface area (Å²) < 4.78 is 38.3. The molecule has 2 aromatic carbocycles. The summed E-state index contributed by atoms with van der Waals surface area (Å²) in [6.07, 6.45) is -4.44. The second-order valence-electron chi connectivity index (χ2n) is 5.89. The first-order chi connectivity index (χ1) is 13.3. The van der Waals surface area contributed by atoms with Crippen LogP contribution >= 0.6 is 11.3 Å². The van der Waals surface area contributed by atoms with Crippen molar-refractivity contribution in [2.24, 2.45) is 0 Å². The predicted molar refractivity (Wildman–Crippen MR) is 101 cm³/mol. The minimum absolute atomic E-state index is 0.0471. The number of halogens is 3. The highest BCUT2D eigenvalue weighted by molar-refractivity contribution is 7.12. The fourth-order valence-electron chi connectivity index (χ4n) is 2.48. The first-order valence-electron chi connectivity index (χ1n) is 8.22. The molecule has 0 atom stereocenters. The molecule has 144 valence electrons. The third kappa shape index (κ3) is 4.98. The number of carbonyl (C=O) groups excluding carboxylic acids is 2. The van der Waals surface area contributed by atoms with Gasteiger partial charge in [0.2, 0.25) is 0 Å². The summed E-state index contributed by atoms with van der Waals surface area (Å²) in [5.74, 6) is -0.735. The molecule has 1 aromatic heterocycles. The van der Waals surface area contributed by atoms with E-state index >= 15 is 0 Å². The lowest BCUT2D eigenvalue weighted by Gasteiger charge is -2.10. The van der Waals surface area contributed by atoms with E-state index in [1.54, 1.807) is 35.7 Å². The van der Waals surface area contributed by atoms with Gasteiger partial charge in [0.15, 0.2) is 0 Å². The van der Waals surface area contributed by atoms with Gasteiger partial charge in [-0.15, -0.1) is 11.3 Å². The number of nitrogens with one attached hydrogen (secondary N) is 2. The molecule has 3 rings (SSSR count). The molecular weight excluding hydrogens is 389 g/mol. The first kappa shape index (κ1) is 19.6. The van der Waals surface area contributed by atoms with Crippen LogP contribution in [0, 0.1) is 0 Å². The minimum atomic E-state index is -4.44. The van der Waals surface area contributed by atoms with Gasteiger partial charge in [0.05, 0.1) is 10.4 Å². The molecule has 0 spiro atoms. The maximum absolute atomic E-state index is 12.8. The van der Waals surface area contributed by atoms with E-state index < -0.39 is 17.6 Å². The second kappa shape index (κ2) is 8.26. The minimum Gasteiger partial charge on any atom is -0.348 e. The van der Waals surface area contributed by atoms with E-state index in [0.29, 0.717) is 16.1 Å². The summed E-state index contributed by atoms with van der Waals surface area (Å²) in [7, 11) is 0. The maximum Gasteiger partial charge on any atom is 0.416 e. The zero-order valence-electron chi connectivity index (χ0n) is 14.4. The highest BCUT2D eigenvalue weighted by Crippen LogP contribution is 2.29. The molecule has 28 heavy (non-hydrogen) atoms. The Kier molecular flexibility index (Phi) is 5.79. The Balaban J connectivity index is 1.64. The van der Waals surface area contributed by atoms with Crippen LogP contribution in [0.5, 0.6) is 0 Å². The van der Waals surface area contributed by atoms with Crippen molar-refractivity contribution in [2.75, 3.05) is 5.32 Å². The number of rotatable bonds is 5. The van der Waals surface area contributed by atoms with Crippen LogP contribution in [0.1, 0.15) is 31.2 Å². The zero-order chi connectivity index (χ0) is 20.1. The highest BCUT2D eigenvalue weighted by atomic mass is 32.1. The smallest absolute Gasteiger partial charge is 0.348 e. The fourth-order valence-corrected chi connectivity index (χ4v) is 3.10. The molecule has 0 aliphatic rings. The van der Waals surface area contributed by atoms with Gasteiger partial charge in [0, 0.05) is 17.8 Å². The van der Waals surface area contributed by atoms with E-state index in [4.69, 9.17) is 0 Å². The van der Waals surface area contributed by atoms with E-state index in [2.05, 4.69) is 10.6 Å². The highest BCUT2D eigenvalue weighted by Gasteiger charge is 2.30. The van der Waals surface area contributed by atoms with E-state index in [-0.39, 0.29) is 18.0 Å². The van der Waals surface area contributed by atoms with Crippen molar-refractivity contribution in [3.05, 3.63) is 87.6 Å². The Morgan fingerprint density at radius 3 is 2.43 bits per heavy atom. The molecule has 0 radical (unpaired) electrons. The van der Waals surface area contributed by atoms with Crippen LogP contribution in [0.15, 0.2) is 66.0 Å². The van der Waals surface area contributed by atoms with Crippen molar-refractivity contribution in [3.63, 3.8) is 0 Å². The molecule has 0 fully saturated rings. The van der Waals surface area contributed by atoms with Gasteiger partial charge in [-0.3, -0.25) is 9.59 Å². The van der Waals surface area contributed by atoms with Crippen LogP contribution in [0.3, 0.4) is 0 Å². The summed E-state index contributed by atoms with van der Waals surface area (Å²) in [4.78, 5) is 25.0. The van der Waals surface area contributed by atoms with Crippen molar-refractivity contribution in [1.82, 2.24) is 5.32 Å². The van der Waals surface area contributed by atoms with Gasteiger partial charge in [0.1, 0.15) is 0 Å². The lowest BCUT2D eigenvalue weighted by atomic mass is 10.1. The van der Waals surface area contributed by atoms with Crippen molar-refractivity contribution < 1.29 is 22.8 Å². The largest absolute Gasteiger partial charge is 0.416 e.